The fourth-order valence-corrected chi connectivity index (χ4v) is 3.13. The van der Waals surface area contributed by atoms with Crippen molar-refractivity contribution in [3.05, 3.63) is 29.2 Å². The number of carbonyl (C=O) groups is 1. The molecule has 0 fully saturated rings. The van der Waals surface area contributed by atoms with Crippen LogP contribution < -0.4 is 0 Å². The van der Waals surface area contributed by atoms with Gasteiger partial charge in [0, 0.05) is 18.4 Å². The van der Waals surface area contributed by atoms with E-state index in [0.29, 0.717) is 18.3 Å². The monoisotopic (exact) mass is 216 g/mol. The largest absolute Gasteiger partial charge is 0.468 e. The first-order chi connectivity index (χ1) is 7.66. The van der Waals surface area contributed by atoms with E-state index in [1.807, 2.05) is 12.3 Å². The van der Waals surface area contributed by atoms with Gasteiger partial charge in [-0.1, -0.05) is 6.92 Å². The van der Waals surface area contributed by atoms with E-state index in [1.54, 1.807) is 0 Å². The first-order valence-corrected chi connectivity index (χ1v) is 5.98. The van der Waals surface area contributed by atoms with Gasteiger partial charge in [0.1, 0.15) is 5.76 Å². The van der Waals surface area contributed by atoms with Crippen LogP contribution in [0.15, 0.2) is 16.8 Å². The molecule has 2 heteroatoms. The minimum Gasteiger partial charge on any atom is -0.468 e. The van der Waals surface area contributed by atoms with Gasteiger partial charge in [0.25, 0.3) is 0 Å². The highest BCUT2D eigenvalue weighted by Gasteiger charge is 2.35. The van der Waals surface area contributed by atoms with Crippen molar-refractivity contribution < 1.29 is 9.21 Å². The van der Waals surface area contributed by atoms with Gasteiger partial charge < -0.3 is 4.42 Å². The molecule has 0 saturated carbocycles. The molecule has 2 nitrogen and oxygen atoms in total. The van der Waals surface area contributed by atoms with Gasteiger partial charge in [0.15, 0.2) is 5.78 Å². The second kappa shape index (κ2) is 3.34. The first kappa shape index (κ1) is 9.88. The minimum atomic E-state index is 0.270. The molecule has 0 aromatic carbocycles. The molecule has 1 aromatic heterocycles. The van der Waals surface area contributed by atoms with Gasteiger partial charge in [-0.25, -0.2) is 0 Å². The Morgan fingerprint density at radius 2 is 2.25 bits per heavy atom. The fourth-order valence-electron chi connectivity index (χ4n) is 3.13. The Bertz CT molecular complexity index is 479. The Morgan fingerprint density at radius 1 is 1.44 bits per heavy atom. The zero-order valence-corrected chi connectivity index (χ0v) is 9.75. The summed E-state index contributed by atoms with van der Waals surface area (Å²) >= 11 is 0. The summed E-state index contributed by atoms with van der Waals surface area (Å²) in [5.41, 5.74) is 3.63. The molecule has 1 aromatic rings. The summed E-state index contributed by atoms with van der Waals surface area (Å²) in [7, 11) is 0. The van der Waals surface area contributed by atoms with Gasteiger partial charge in [-0.05, 0) is 42.4 Å². The molecule has 0 aliphatic heterocycles. The maximum absolute atomic E-state index is 11.6. The lowest BCUT2D eigenvalue weighted by molar-refractivity contribution is -0.115. The molecule has 0 amide bonds. The zero-order chi connectivity index (χ0) is 11.3. The molecule has 2 aliphatic carbocycles. The van der Waals surface area contributed by atoms with E-state index in [9.17, 15) is 4.79 Å². The molecule has 0 N–H and O–H groups in total. The number of furan rings is 1. The lowest BCUT2D eigenvalue weighted by Crippen LogP contribution is -2.25. The second-order valence-corrected chi connectivity index (χ2v) is 5.11. The van der Waals surface area contributed by atoms with Crippen molar-refractivity contribution in [3.8, 4) is 0 Å². The summed E-state index contributed by atoms with van der Waals surface area (Å²) in [6.45, 7) is 4.32. The van der Waals surface area contributed by atoms with Gasteiger partial charge in [-0.3, -0.25) is 4.79 Å². The summed E-state index contributed by atoms with van der Waals surface area (Å²) < 4.78 is 5.59. The average molecular weight is 216 g/mol. The van der Waals surface area contributed by atoms with Crippen LogP contribution in [-0.4, -0.2) is 5.78 Å². The van der Waals surface area contributed by atoms with Crippen LogP contribution in [0.4, 0.5) is 0 Å². The van der Waals surface area contributed by atoms with Gasteiger partial charge in [0.05, 0.1) is 6.26 Å². The van der Waals surface area contributed by atoms with Crippen molar-refractivity contribution in [3.63, 3.8) is 0 Å². The third-order valence-electron chi connectivity index (χ3n) is 3.95. The van der Waals surface area contributed by atoms with Gasteiger partial charge in [0.2, 0.25) is 0 Å². The molecule has 0 unspecified atom stereocenters. The number of hydrogen-bond acceptors (Lipinski definition) is 2. The number of fused-ring (bicyclic) bond motifs is 3. The summed E-state index contributed by atoms with van der Waals surface area (Å²) in [6, 6.07) is 0. The highest BCUT2D eigenvalue weighted by Crippen LogP contribution is 2.45. The molecular formula is C14H16O2. The van der Waals surface area contributed by atoms with Crippen molar-refractivity contribution >= 4 is 11.4 Å². The molecule has 1 heterocycles. The second-order valence-electron chi connectivity index (χ2n) is 5.11. The number of ketones is 1. The molecule has 3 rings (SSSR count). The van der Waals surface area contributed by atoms with Gasteiger partial charge >= 0.3 is 0 Å². The van der Waals surface area contributed by atoms with E-state index in [2.05, 4.69) is 13.8 Å². The number of aryl methyl sites for hydroxylation is 1. The standard InChI is InChI=1S/C14H16O2/c1-8-5-13-14(9(2)7-16-13)12-6-10(15)3-4-11(8)12/h6-8,11H,3-5H2,1-2H3/t8-,11+/m0/s1. The maximum Gasteiger partial charge on any atom is 0.156 e. The number of carbonyl (C=O) groups excluding carboxylic acids is 1. The molecular weight excluding hydrogens is 200 g/mol. The molecule has 0 spiro atoms. The zero-order valence-electron chi connectivity index (χ0n) is 9.75. The Labute approximate surface area is 95.3 Å². The van der Waals surface area contributed by atoms with Crippen LogP contribution in [-0.2, 0) is 11.2 Å². The molecule has 2 atom stereocenters. The van der Waals surface area contributed by atoms with Crippen LogP contribution in [0.2, 0.25) is 0 Å². The van der Waals surface area contributed by atoms with Crippen LogP contribution >= 0.6 is 0 Å². The van der Waals surface area contributed by atoms with Crippen LogP contribution in [0.1, 0.15) is 36.7 Å². The lowest BCUT2D eigenvalue weighted by atomic mass is 9.70. The number of allylic oxidation sites excluding steroid dienone is 2. The quantitative estimate of drug-likeness (QED) is 0.667. The molecule has 0 bridgehead atoms. The van der Waals surface area contributed by atoms with E-state index >= 15 is 0 Å². The topological polar surface area (TPSA) is 30.2 Å². The van der Waals surface area contributed by atoms with E-state index in [4.69, 9.17) is 4.42 Å². The summed E-state index contributed by atoms with van der Waals surface area (Å²) in [5, 5.41) is 0. The Kier molecular flexibility index (Phi) is 2.06. The lowest BCUT2D eigenvalue weighted by Gasteiger charge is -2.33. The van der Waals surface area contributed by atoms with Crippen molar-refractivity contribution in [1.82, 2.24) is 0 Å². The smallest absolute Gasteiger partial charge is 0.156 e. The molecule has 0 radical (unpaired) electrons. The van der Waals surface area contributed by atoms with Gasteiger partial charge in [-0.2, -0.15) is 0 Å². The van der Waals surface area contributed by atoms with Crippen molar-refractivity contribution in [1.29, 1.82) is 0 Å². The van der Waals surface area contributed by atoms with E-state index in [1.165, 1.54) is 16.7 Å². The highest BCUT2D eigenvalue weighted by atomic mass is 16.3. The van der Waals surface area contributed by atoms with Crippen molar-refractivity contribution in [2.75, 3.05) is 0 Å². The Balaban J connectivity index is 2.19. The summed E-state index contributed by atoms with van der Waals surface area (Å²) in [4.78, 5) is 11.6. The summed E-state index contributed by atoms with van der Waals surface area (Å²) in [6.07, 6.45) is 6.41. The molecule has 2 aliphatic rings. The van der Waals surface area contributed by atoms with E-state index < -0.39 is 0 Å². The molecule has 84 valence electrons. The van der Waals surface area contributed by atoms with Crippen LogP contribution in [0.3, 0.4) is 0 Å². The number of rotatable bonds is 0. The third-order valence-corrected chi connectivity index (χ3v) is 3.95. The number of hydrogen-bond donors (Lipinski definition) is 0. The van der Waals surface area contributed by atoms with E-state index in [-0.39, 0.29) is 5.78 Å². The summed E-state index contributed by atoms with van der Waals surface area (Å²) in [5.74, 6) is 2.49. The van der Waals surface area contributed by atoms with Crippen molar-refractivity contribution in [2.45, 2.75) is 33.1 Å². The fraction of sp³-hybridized carbons (Fsp3) is 0.500. The van der Waals surface area contributed by atoms with Crippen LogP contribution in [0.5, 0.6) is 0 Å². The highest BCUT2D eigenvalue weighted by molar-refractivity contribution is 5.99. The normalized spacial score (nSPS) is 28.4. The molecule has 16 heavy (non-hydrogen) atoms. The Hall–Kier alpha value is -1.31. The van der Waals surface area contributed by atoms with Crippen molar-refractivity contribution in [2.24, 2.45) is 11.8 Å². The molecule has 0 saturated heterocycles. The van der Waals surface area contributed by atoms with Crippen LogP contribution in [0, 0.1) is 18.8 Å². The maximum atomic E-state index is 11.6. The minimum absolute atomic E-state index is 0.270. The average Bonchev–Trinajstić information content (AvgIpc) is 2.60. The van der Waals surface area contributed by atoms with E-state index in [0.717, 1.165) is 18.6 Å². The first-order valence-electron chi connectivity index (χ1n) is 5.98. The van der Waals surface area contributed by atoms with Gasteiger partial charge in [-0.15, -0.1) is 0 Å². The Morgan fingerprint density at radius 3 is 3.06 bits per heavy atom. The SMILES string of the molecule is Cc1coc2c1C1=CC(=O)CC[C@@H]1[C@@H](C)C2. The predicted molar refractivity (Wildman–Crippen MR) is 62.0 cm³/mol. The predicted octanol–water partition coefficient (Wildman–Crippen LogP) is 3.14. The van der Waals surface area contributed by atoms with Crippen LogP contribution in [0.25, 0.3) is 5.57 Å². The third kappa shape index (κ3) is 1.29.